The maximum absolute atomic E-state index is 4.94. The van der Waals surface area contributed by atoms with Crippen LogP contribution in [0.5, 0.6) is 0 Å². The van der Waals surface area contributed by atoms with Gasteiger partial charge in [-0.3, -0.25) is 4.90 Å². The van der Waals surface area contributed by atoms with E-state index in [-0.39, 0.29) is 5.54 Å². The SMILES string of the molecule is CN(C)C1CCN(CC#Cc2nn(C3CCCCC3)c3nc(NC(C)(C)C)ncc23)C1. The number of aromatic nitrogens is 4. The molecule has 2 fully saturated rings. The molecule has 7 heteroatoms. The van der Waals surface area contributed by atoms with Gasteiger partial charge in [-0.15, -0.1) is 0 Å². The van der Waals surface area contributed by atoms with E-state index in [0.717, 1.165) is 49.2 Å². The molecule has 1 saturated carbocycles. The molecule has 168 valence electrons. The Bertz CT molecular complexity index is 954. The van der Waals surface area contributed by atoms with Gasteiger partial charge in [-0.1, -0.05) is 25.2 Å². The van der Waals surface area contributed by atoms with Crippen molar-refractivity contribution in [2.75, 3.05) is 39.0 Å². The number of rotatable bonds is 4. The Kier molecular flexibility index (Phi) is 6.49. The summed E-state index contributed by atoms with van der Waals surface area (Å²) in [5.74, 6) is 7.38. The molecular formula is C24H37N7. The van der Waals surface area contributed by atoms with E-state index >= 15 is 0 Å². The number of fused-ring (bicyclic) bond motifs is 1. The zero-order chi connectivity index (χ0) is 22.0. The van der Waals surface area contributed by atoms with E-state index < -0.39 is 0 Å². The second-order valence-electron chi connectivity index (χ2n) is 10.3. The Labute approximate surface area is 186 Å². The van der Waals surface area contributed by atoms with Crippen LogP contribution in [0.1, 0.15) is 71.0 Å². The highest BCUT2D eigenvalue weighted by atomic mass is 15.3. The van der Waals surface area contributed by atoms with Crippen molar-refractivity contribution in [3.63, 3.8) is 0 Å². The fourth-order valence-corrected chi connectivity index (χ4v) is 4.60. The number of likely N-dealkylation sites (tertiary alicyclic amines) is 1. The molecule has 1 N–H and O–H groups in total. The average Bonchev–Trinajstić information content (AvgIpc) is 3.33. The molecule has 0 spiro atoms. The van der Waals surface area contributed by atoms with Crippen LogP contribution in [0.2, 0.25) is 0 Å². The predicted molar refractivity (Wildman–Crippen MR) is 126 cm³/mol. The number of anilines is 1. The first-order valence-electron chi connectivity index (χ1n) is 11.7. The minimum atomic E-state index is -0.0911. The van der Waals surface area contributed by atoms with Gasteiger partial charge in [0.15, 0.2) is 5.65 Å². The number of likely N-dealkylation sites (N-methyl/N-ethyl adjacent to an activating group) is 1. The highest BCUT2D eigenvalue weighted by molar-refractivity contribution is 5.81. The molecule has 4 rings (SSSR count). The number of hydrogen-bond donors (Lipinski definition) is 1. The summed E-state index contributed by atoms with van der Waals surface area (Å²) in [7, 11) is 4.32. The largest absolute Gasteiger partial charge is 0.350 e. The molecule has 7 nitrogen and oxygen atoms in total. The van der Waals surface area contributed by atoms with Gasteiger partial charge in [-0.05, 0) is 60.0 Å². The highest BCUT2D eigenvalue weighted by Gasteiger charge is 2.24. The highest BCUT2D eigenvalue weighted by Crippen LogP contribution is 2.31. The van der Waals surface area contributed by atoms with Crippen LogP contribution in [0, 0.1) is 11.8 Å². The third-order valence-corrected chi connectivity index (χ3v) is 6.34. The van der Waals surface area contributed by atoms with Gasteiger partial charge in [0, 0.05) is 30.9 Å². The Morgan fingerprint density at radius 2 is 1.94 bits per heavy atom. The Hall–Kier alpha value is -2.17. The van der Waals surface area contributed by atoms with Gasteiger partial charge in [0.2, 0.25) is 5.95 Å². The van der Waals surface area contributed by atoms with E-state index in [1.807, 2.05) is 6.20 Å². The van der Waals surface area contributed by atoms with Crippen molar-refractivity contribution in [3.05, 3.63) is 11.9 Å². The molecule has 0 bridgehead atoms. The first kappa shape index (κ1) is 22.0. The van der Waals surface area contributed by atoms with Gasteiger partial charge in [0.1, 0.15) is 5.69 Å². The number of nitrogens with one attached hydrogen (secondary N) is 1. The van der Waals surface area contributed by atoms with Crippen molar-refractivity contribution in [1.29, 1.82) is 0 Å². The molecule has 2 aromatic heterocycles. The van der Waals surface area contributed by atoms with Crippen LogP contribution < -0.4 is 5.32 Å². The van der Waals surface area contributed by atoms with Crippen LogP contribution in [0.3, 0.4) is 0 Å². The summed E-state index contributed by atoms with van der Waals surface area (Å²) in [5.41, 5.74) is 1.63. The lowest BCUT2D eigenvalue weighted by molar-refractivity contribution is 0.281. The van der Waals surface area contributed by atoms with Crippen LogP contribution in [0.25, 0.3) is 11.0 Å². The second kappa shape index (κ2) is 9.13. The third kappa shape index (κ3) is 5.36. The summed E-state index contributed by atoms with van der Waals surface area (Å²) in [5, 5.41) is 9.30. The lowest BCUT2D eigenvalue weighted by atomic mass is 9.96. The van der Waals surface area contributed by atoms with Gasteiger partial charge in [0.25, 0.3) is 0 Å². The quantitative estimate of drug-likeness (QED) is 0.759. The van der Waals surface area contributed by atoms with Crippen LogP contribution in [-0.4, -0.2) is 74.9 Å². The zero-order valence-corrected chi connectivity index (χ0v) is 19.8. The Morgan fingerprint density at radius 3 is 2.61 bits per heavy atom. The van der Waals surface area contributed by atoms with E-state index in [2.05, 4.69) is 71.5 Å². The van der Waals surface area contributed by atoms with E-state index in [4.69, 9.17) is 10.1 Å². The summed E-state index contributed by atoms with van der Waals surface area (Å²) < 4.78 is 2.13. The Morgan fingerprint density at radius 1 is 1.16 bits per heavy atom. The zero-order valence-electron chi connectivity index (χ0n) is 19.8. The van der Waals surface area contributed by atoms with Crippen LogP contribution in [0.4, 0.5) is 5.95 Å². The average molecular weight is 424 g/mol. The molecule has 0 radical (unpaired) electrons. The van der Waals surface area contributed by atoms with Crippen molar-refractivity contribution < 1.29 is 0 Å². The van der Waals surface area contributed by atoms with Crippen molar-refractivity contribution >= 4 is 17.0 Å². The lowest BCUT2D eigenvalue weighted by Crippen LogP contribution is -2.31. The molecule has 3 heterocycles. The van der Waals surface area contributed by atoms with Crippen molar-refractivity contribution in [3.8, 4) is 11.8 Å². The molecule has 1 aliphatic heterocycles. The molecular weight excluding hydrogens is 386 g/mol. The van der Waals surface area contributed by atoms with Crippen LogP contribution in [0.15, 0.2) is 6.20 Å². The lowest BCUT2D eigenvalue weighted by Gasteiger charge is -2.23. The van der Waals surface area contributed by atoms with Crippen molar-refractivity contribution in [2.45, 2.75) is 76.9 Å². The molecule has 1 unspecified atom stereocenters. The van der Waals surface area contributed by atoms with Gasteiger partial charge in [-0.25, -0.2) is 9.67 Å². The van der Waals surface area contributed by atoms with Crippen LogP contribution >= 0.6 is 0 Å². The molecule has 0 aromatic carbocycles. The monoisotopic (exact) mass is 423 g/mol. The number of hydrogen-bond acceptors (Lipinski definition) is 6. The summed E-state index contributed by atoms with van der Waals surface area (Å²) in [6.45, 7) is 9.34. The van der Waals surface area contributed by atoms with E-state index in [1.54, 1.807) is 0 Å². The summed E-state index contributed by atoms with van der Waals surface area (Å²) in [6.07, 6.45) is 9.26. The minimum absolute atomic E-state index is 0.0911. The Balaban J connectivity index is 1.60. The summed E-state index contributed by atoms with van der Waals surface area (Å²) in [6, 6.07) is 1.04. The fourth-order valence-electron chi connectivity index (χ4n) is 4.60. The first-order valence-corrected chi connectivity index (χ1v) is 11.7. The van der Waals surface area contributed by atoms with Gasteiger partial charge in [0.05, 0.1) is 18.0 Å². The maximum atomic E-state index is 4.94. The topological polar surface area (TPSA) is 62.1 Å². The maximum Gasteiger partial charge on any atom is 0.225 e. The van der Waals surface area contributed by atoms with Gasteiger partial charge >= 0.3 is 0 Å². The molecule has 1 aliphatic carbocycles. The minimum Gasteiger partial charge on any atom is -0.350 e. The fraction of sp³-hybridized carbons (Fsp3) is 0.708. The molecule has 1 atom stereocenters. The molecule has 2 aromatic rings. The normalized spacial score (nSPS) is 20.9. The van der Waals surface area contributed by atoms with E-state index in [9.17, 15) is 0 Å². The third-order valence-electron chi connectivity index (χ3n) is 6.34. The van der Waals surface area contributed by atoms with E-state index in [0.29, 0.717) is 18.0 Å². The van der Waals surface area contributed by atoms with Crippen molar-refractivity contribution in [2.24, 2.45) is 0 Å². The van der Waals surface area contributed by atoms with E-state index in [1.165, 1.54) is 25.7 Å². The number of nitrogens with zero attached hydrogens (tertiary/aromatic N) is 6. The first-order chi connectivity index (χ1) is 14.8. The van der Waals surface area contributed by atoms with Crippen molar-refractivity contribution in [1.82, 2.24) is 29.5 Å². The van der Waals surface area contributed by atoms with Gasteiger partial charge < -0.3 is 10.2 Å². The van der Waals surface area contributed by atoms with Crippen LogP contribution in [-0.2, 0) is 0 Å². The summed E-state index contributed by atoms with van der Waals surface area (Å²) >= 11 is 0. The molecule has 31 heavy (non-hydrogen) atoms. The smallest absolute Gasteiger partial charge is 0.225 e. The molecule has 1 saturated heterocycles. The predicted octanol–water partition coefficient (Wildman–Crippen LogP) is 3.53. The summed E-state index contributed by atoms with van der Waals surface area (Å²) in [4.78, 5) is 14.2. The second-order valence-corrected chi connectivity index (χ2v) is 10.3. The molecule has 2 aliphatic rings. The standard InChI is InChI=1S/C24H37N7/c1-24(2,3)27-23-25-16-20-21(12-9-14-30-15-13-19(17-30)29(4)5)28-31(22(20)26-23)18-10-7-6-8-11-18/h16,18-19H,6-8,10-11,13-15,17H2,1-5H3,(H,25,26,27). The molecule has 0 amide bonds. The van der Waals surface area contributed by atoms with Gasteiger partial charge in [-0.2, -0.15) is 10.1 Å².